The fourth-order valence-electron chi connectivity index (χ4n) is 6.89. The maximum Gasteiger partial charge on any atom is 0.306 e. The molecule has 2 aliphatic heterocycles. The zero-order chi connectivity index (χ0) is 51.7. The van der Waals surface area contributed by atoms with Crippen molar-refractivity contribution in [2.75, 3.05) is 26.4 Å². The molecule has 0 amide bonds. The number of rotatable bonds is 36. The number of carbonyl (C=O) groups is 2. The Morgan fingerprint density at radius 1 is 0.465 bits per heavy atom. The summed E-state index contributed by atoms with van der Waals surface area (Å²) < 4.78 is 33.4. The third-order valence-electron chi connectivity index (χ3n) is 11.0. The lowest BCUT2D eigenvalue weighted by Gasteiger charge is -2.42. The van der Waals surface area contributed by atoms with Gasteiger partial charge in [-0.25, -0.2) is 0 Å². The molecule has 2 saturated heterocycles. The fraction of sp³-hybridized carbons (Fsp3) is 0.571. The molecule has 0 saturated carbocycles. The molecule has 2 rings (SSSR count). The van der Waals surface area contributed by atoms with Gasteiger partial charge in [0.2, 0.25) is 0 Å². The van der Waals surface area contributed by atoms with Gasteiger partial charge < -0.3 is 64.2 Å². The first-order valence-electron chi connectivity index (χ1n) is 25.3. The van der Waals surface area contributed by atoms with Crippen molar-refractivity contribution < 1.29 is 73.8 Å². The molecule has 0 aromatic heterocycles. The van der Waals surface area contributed by atoms with Gasteiger partial charge in [-0.05, 0) is 77.0 Å². The van der Waals surface area contributed by atoms with Crippen molar-refractivity contribution >= 4 is 11.9 Å². The molecule has 11 atom stereocenters. The molecule has 0 spiro atoms. The Kier molecular flexibility index (Phi) is 36.4. The molecule has 5 unspecified atom stereocenters. The van der Waals surface area contributed by atoms with Crippen LogP contribution in [0.4, 0.5) is 0 Å². The average molecular weight is 997 g/mol. The molecule has 0 radical (unpaired) electrons. The van der Waals surface area contributed by atoms with Gasteiger partial charge in [-0.3, -0.25) is 9.59 Å². The van der Waals surface area contributed by atoms with Gasteiger partial charge in [-0.1, -0.05) is 154 Å². The molecule has 15 nitrogen and oxygen atoms in total. The summed E-state index contributed by atoms with van der Waals surface area (Å²) in [5.41, 5.74) is 0. The average Bonchev–Trinajstić information content (AvgIpc) is 3.36. The number of hydrogen-bond donors (Lipinski definition) is 7. The second-order valence-corrected chi connectivity index (χ2v) is 17.0. The van der Waals surface area contributed by atoms with E-state index in [1.807, 2.05) is 54.7 Å². The highest BCUT2D eigenvalue weighted by Crippen LogP contribution is 2.26. The standard InChI is InChI=1S/C56H84O15/c1-3-5-7-9-11-13-15-17-18-19-20-21-22-23-24-25-27-28-30-32-34-36-38-47(58)66-41-44(69-48(59)39-37-35-33-31-29-26-16-14-12-10-8-6-4-2)42-67-55-54(65)52(63)50(61)46(71-55)43-68-56-53(64)51(62)49(60)45(40-57)70-56/h5-8,10-14,16-18,20-21,23-24,26-29,31,33,44-46,49-57,60-65H,3-4,9,15,19,22,25,30,32,34-43H2,1-2H3/b7-5+,8-6+,12-10+,13-11+,16-14+,18-17+,21-20+,24-23+,28-27+,29-26+,33-31+/t44?,45-,46-,49+,50+,51?,52?,53?,54?,55-,56-/m1/s1. The van der Waals surface area contributed by atoms with Crippen LogP contribution in [0, 0.1) is 0 Å². The predicted molar refractivity (Wildman–Crippen MR) is 274 cm³/mol. The van der Waals surface area contributed by atoms with Crippen LogP contribution in [0.5, 0.6) is 0 Å². The summed E-state index contributed by atoms with van der Waals surface area (Å²) >= 11 is 0. The number of aliphatic hydroxyl groups excluding tert-OH is 7. The van der Waals surface area contributed by atoms with Crippen molar-refractivity contribution in [2.24, 2.45) is 0 Å². The van der Waals surface area contributed by atoms with Gasteiger partial charge in [0.25, 0.3) is 0 Å². The minimum Gasteiger partial charge on any atom is -0.462 e. The number of allylic oxidation sites excluding steroid dienone is 22. The van der Waals surface area contributed by atoms with Crippen LogP contribution >= 0.6 is 0 Å². The van der Waals surface area contributed by atoms with Crippen LogP contribution in [0.2, 0.25) is 0 Å². The largest absolute Gasteiger partial charge is 0.462 e. The molecule has 2 aliphatic rings. The van der Waals surface area contributed by atoms with Gasteiger partial charge in [-0.15, -0.1) is 0 Å². The van der Waals surface area contributed by atoms with Crippen molar-refractivity contribution in [1.82, 2.24) is 0 Å². The minimum absolute atomic E-state index is 0.0517. The number of aliphatic hydroxyl groups is 7. The number of unbranched alkanes of at least 4 members (excludes halogenated alkanes) is 4. The monoisotopic (exact) mass is 997 g/mol. The van der Waals surface area contributed by atoms with E-state index in [-0.39, 0.29) is 19.4 Å². The minimum atomic E-state index is -1.79. The zero-order valence-corrected chi connectivity index (χ0v) is 41.9. The second kappa shape index (κ2) is 41.1. The van der Waals surface area contributed by atoms with Gasteiger partial charge in [0.05, 0.1) is 19.8 Å². The first-order chi connectivity index (χ1) is 34.5. The van der Waals surface area contributed by atoms with E-state index in [0.29, 0.717) is 19.3 Å². The van der Waals surface area contributed by atoms with Gasteiger partial charge in [0.1, 0.15) is 55.4 Å². The first-order valence-corrected chi connectivity index (χ1v) is 25.3. The fourth-order valence-corrected chi connectivity index (χ4v) is 6.89. The van der Waals surface area contributed by atoms with Crippen LogP contribution in [-0.4, -0.2) is 142 Å². The molecule has 0 bridgehead atoms. The smallest absolute Gasteiger partial charge is 0.306 e. The highest BCUT2D eigenvalue weighted by atomic mass is 16.7. The van der Waals surface area contributed by atoms with E-state index in [0.717, 1.165) is 64.2 Å². The molecule has 398 valence electrons. The van der Waals surface area contributed by atoms with E-state index in [2.05, 4.69) is 92.8 Å². The number of esters is 2. The topological polar surface area (TPSA) is 231 Å². The van der Waals surface area contributed by atoms with Crippen LogP contribution in [0.25, 0.3) is 0 Å². The Labute approximate surface area is 422 Å². The molecule has 2 fully saturated rings. The van der Waals surface area contributed by atoms with Gasteiger partial charge >= 0.3 is 11.9 Å². The summed E-state index contributed by atoms with van der Waals surface area (Å²) in [7, 11) is 0. The Morgan fingerprint density at radius 2 is 0.930 bits per heavy atom. The lowest BCUT2D eigenvalue weighted by Crippen LogP contribution is -2.61. The summed E-state index contributed by atoms with van der Waals surface area (Å²) in [5.74, 6) is -1.07. The summed E-state index contributed by atoms with van der Waals surface area (Å²) in [6.45, 7) is 2.17. The van der Waals surface area contributed by atoms with E-state index >= 15 is 0 Å². The Balaban J connectivity index is 1.84. The number of ether oxygens (including phenoxy) is 6. The van der Waals surface area contributed by atoms with Crippen molar-refractivity contribution in [2.45, 2.75) is 178 Å². The molecule has 0 aromatic rings. The van der Waals surface area contributed by atoms with Crippen LogP contribution in [-0.2, 0) is 38.0 Å². The lowest BCUT2D eigenvalue weighted by atomic mass is 9.98. The van der Waals surface area contributed by atoms with Crippen LogP contribution in [0.15, 0.2) is 134 Å². The van der Waals surface area contributed by atoms with Crippen molar-refractivity contribution in [1.29, 1.82) is 0 Å². The number of hydrogen-bond acceptors (Lipinski definition) is 15. The summed E-state index contributed by atoms with van der Waals surface area (Å²) in [5, 5.41) is 72.0. The Hall–Kier alpha value is -4.36. The van der Waals surface area contributed by atoms with E-state index < -0.39 is 99.3 Å². The Bertz CT molecular complexity index is 1740. The maximum absolute atomic E-state index is 12.9. The van der Waals surface area contributed by atoms with Crippen LogP contribution < -0.4 is 0 Å². The van der Waals surface area contributed by atoms with E-state index in [1.165, 1.54) is 0 Å². The van der Waals surface area contributed by atoms with E-state index in [1.54, 1.807) is 0 Å². The molecule has 7 N–H and O–H groups in total. The summed E-state index contributed by atoms with van der Waals surface area (Å²) in [4.78, 5) is 25.7. The lowest BCUT2D eigenvalue weighted by molar-refractivity contribution is -0.332. The van der Waals surface area contributed by atoms with Gasteiger partial charge in [0, 0.05) is 12.8 Å². The molecular formula is C56H84O15. The van der Waals surface area contributed by atoms with E-state index in [9.17, 15) is 45.3 Å². The molecular weight excluding hydrogens is 913 g/mol. The van der Waals surface area contributed by atoms with Crippen molar-refractivity contribution in [3.05, 3.63) is 134 Å². The highest BCUT2D eigenvalue weighted by Gasteiger charge is 2.47. The number of carbonyl (C=O) groups excluding carboxylic acids is 2. The molecule has 71 heavy (non-hydrogen) atoms. The van der Waals surface area contributed by atoms with Crippen LogP contribution in [0.1, 0.15) is 110 Å². The second-order valence-electron chi connectivity index (χ2n) is 17.0. The third kappa shape index (κ3) is 29.1. The van der Waals surface area contributed by atoms with Crippen LogP contribution in [0.3, 0.4) is 0 Å². The normalized spacial score (nSPS) is 26.3. The SMILES string of the molecule is CC/C=C/C=C/C=C/C=C/C=C/CCCC(=O)OC(COC(=O)CCCCC/C=C/C/C=C/C/C=C/C/C=C/C/C=C/C/C=C/CC)CO[C@@H]1O[C@H](CO[C@@H]2O[C@H](CO)[C@H](O)C(O)C2O)[C@H](O)C(O)C1O. The summed E-state index contributed by atoms with van der Waals surface area (Å²) in [6, 6.07) is 0. The van der Waals surface area contributed by atoms with Gasteiger partial charge in [0.15, 0.2) is 18.7 Å². The quantitative estimate of drug-likeness (QED) is 0.0144. The zero-order valence-electron chi connectivity index (χ0n) is 41.9. The van der Waals surface area contributed by atoms with E-state index in [4.69, 9.17) is 28.4 Å². The summed E-state index contributed by atoms with van der Waals surface area (Å²) in [6.07, 6.45) is 39.3. The third-order valence-corrected chi connectivity index (χ3v) is 11.0. The molecule has 2 heterocycles. The molecule has 0 aliphatic carbocycles. The molecule has 15 heteroatoms. The van der Waals surface area contributed by atoms with Crippen molar-refractivity contribution in [3.63, 3.8) is 0 Å². The maximum atomic E-state index is 12.9. The first kappa shape index (κ1) is 62.8. The Morgan fingerprint density at radius 3 is 1.49 bits per heavy atom. The highest BCUT2D eigenvalue weighted by molar-refractivity contribution is 5.70. The predicted octanol–water partition coefficient (Wildman–Crippen LogP) is 7.09. The van der Waals surface area contributed by atoms with Crippen molar-refractivity contribution in [3.8, 4) is 0 Å². The molecule has 0 aromatic carbocycles. The van der Waals surface area contributed by atoms with Gasteiger partial charge in [-0.2, -0.15) is 0 Å².